The standard InChI is InChI=1S/C20H18ClNO4/c1-3-24-18-11-15(9-16-13(2)22-26-20(16)23)10-17(21)19(18)25-12-14-7-5-4-6-8-14/h4-11H,3,12H2,1-2H3/b16-9+. The first-order valence-corrected chi connectivity index (χ1v) is 8.57. The van der Waals surface area contributed by atoms with E-state index in [4.69, 9.17) is 21.1 Å². The van der Waals surface area contributed by atoms with Gasteiger partial charge in [-0.25, -0.2) is 4.79 Å². The van der Waals surface area contributed by atoms with E-state index < -0.39 is 5.97 Å². The van der Waals surface area contributed by atoms with Crippen LogP contribution in [0.15, 0.2) is 53.2 Å². The van der Waals surface area contributed by atoms with Gasteiger partial charge in [-0.3, -0.25) is 0 Å². The van der Waals surface area contributed by atoms with Crippen molar-refractivity contribution < 1.29 is 19.1 Å². The van der Waals surface area contributed by atoms with Gasteiger partial charge in [-0.1, -0.05) is 47.1 Å². The Morgan fingerprint density at radius 3 is 2.62 bits per heavy atom. The molecule has 26 heavy (non-hydrogen) atoms. The van der Waals surface area contributed by atoms with Gasteiger partial charge in [0.25, 0.3) is 0 Å². The second-order valence-electron chi connectivity index (χ2n) is 5.65. The Morgan fingerprint density at radius 2 is 1.96 bits per heavy atom. The Kier molecular flexibility index (Phi) is 5.58. The molecule has 0 bridgehead atoms. The van der Waals surface area contributed by atoms with Crippen molar-refractivity contribution in [3.8, 4) is 11.5 Å². The smallest absolute Gasteiger partial charge is 0.367 e. The monoisotopic (exact) mass is 371 g/mol. The second kappa shape index (κ2) is 8.06. The summed E-state index contributed by atoms with van der Waals surface area (Å²) in [6, 6.07) is 13.3. The molecule has 0 atom stereocenters. The number of benzene rings is 2. The van der Waals surface area contributed by atoms with Crippen molar-refractivity contribution in [3.05, 3.63) is 64.2 Å². The fraction of sp³-hybridized carbons (Fsp3) is 0.200. The van der Waals surface area contributed by atoms with E-state index in [0.29, 0.717) is 46.6 Å². The predicted octanol–water partition coefficient (Wildman–Crippen LogP) is 4.63. The van der Waals surface area contributed by atoms with Crippen molar-refractivity contribution in [2.24, 2.45) is 5.16 Å². The van der Waals surface area contributed by atoms with E-state index in [-0.39, 0.29) is 0 Å². The maximum atomic E-state index is 11.7. The minimum atomic E-state index is -0.485. The van der Waals surface area contributed by atoms with E-state index in [9.17, 15) is 4.79 Å². The average molecular weight is 372 g/mol. The van der Waals surface area contributed by atoms with Gasteiger partial charge in [0.05, 0.1) is 22.9 Å². The van der Waals surface area contributed by atoms with Crippen LogP contribution in [0.25, 0.3) is 6.08 Å². The van der Waals surface area contributed by atoms with Crippen LogP contribution in [-0.2, 0) is 16.2 Å². The zero-order valence-corrected chi connectivity index (χ0v) is 15.2. The molecule has 2 aromatic rings. The summed E-state index contributed by atoms with van der Waals surface area (Å²) in [5, 5.41) is 4.07. The molecule has 0 saturated carbocycles. The molecule has 1 aliphatic heterocycles. The van der Waals surface area contributed by atoms with Crippen LogP contribution in [0.1, 0.15) is 25.0 Å². The Balaban J connectivity index is 1.90. The van der Waals surface area contributed by atoms with Crippen LogP contribution >= 0.6 is 11.6 Å². The Hall–Kier alpha value is -2.79. The quantitative estimate of drug-likeness (QED) is 0.548. The third kappa shape index (κ3) is 4.06. The summed E-state index contributed by atoms with van der Waals surface area (Å²) in [5.41, 5.74) is 2.64. The number of ether oxygens (including phenoxy) is 2. The molecule has 6 heteroatoms. The summed E-state index contributed by atoms with van der Waals surface area (Å²) < 4.78 is 11.6. The zero-order chi connectivity index (χ0) is 18.5. The SMILES string of the molecule is CCOc1cc(/C=C2/C(=O)ON=C2C)cc(Cl)c1OCc1ccccc1. The molecule has 134 valence electrons. The number of hydrogen-bond acceptors (Lipinski definition) is 5. The number of oxime groups is 1. The van der Waals surface area contributed by atoms with Crippen molar-refractivity contribution in [2.45, 2.75) is 20.5 Å². The molecule has 3 rings (SSSR count). The molecule has 1 heterocycles. The summed E-state index contributed by atoms with van der Waals surface area (Å²) in [5.74, 6) is 0.503. The van der Waals surface area contributed by atoms with E-state index in [1.165, 1.54) is 0 Å². The Labute approximate surface area is 156 Å². The van der Waals surface area contributed by atoms with Gasteiger partial charge < -0.3 is 14.3 Å². The topological polar surface area (TPSA) is 57.1 Å². The zero-order valence-electron chi connectivity index (χ0n) is 14.5. The molecule has 0 amide bonds. The fourth-order valence-corrected chi connectivity index (χ4v) is 2.76. The lowest BCUT2D eigenvalue weighted by Gasteiger charge is -2.14. The second-order valence-corrected chi connectivity index (χ2v) is 6.06. The van der Waals surface area contributed by atoms with Gasteiger partial charge in [-0.05, 0) is 43.2 Å². The van der Waals surface area contributed by atoms with Gasteiger partial charge in [-0.15, -0.1) is 0 Å². The minimum absolute atomic E-state index is 0.374. The maximum absolute atomic E-state index is 11.7. The highest BCUT2D eigenvalue weighted by Gasteiger charge is 2.22. The number of carbonyl (C=O) groups is 1. The molecule has 0 unspecified atom stereocenters. The highest BCUT2D eigenvalue weighted by atomic mass is 35.5. The summed E-state index contributed by atoms with van der Waals surface area (Å²) in [6.45, 7) is 4.42. The van der Waals surface area contributed by atoms with Crippen LogP contribution in [0.3, 0.4) is 0 Å². The van der Waals surface area contributed by atoms with Crippen LogP contribution in [0, 0.1) is 0 Å². The van der Waals surface area contributed by atoms with Crippen molar-refractivity contribution in [3.63, 3.8) is 0 Å². The van der Waals surface area contributed by atoms with Crippen molar-refractivity contribution in [2.75, 3.05) is 6.61 Å². The van der Waals surface area contributed by atoms with Gasteiger partial charge in [0.2, 0.25) is 0 Å². The molecule has 5 nitrogen and oxygen atoms in total. The third-order valence-corrected chi connectivity index (χ3v) is 4.02. The van der Waals surface area contributed by atoms with Gasteiger partial charge in [0.1, 0.15) is 6.61 Å². The summed E-state index contributed by atoms with van der Waals surface area (Å²) >= 11 is 6.41. The normalized spacial score (nSPS) is 15.0. The molecule has 0 aromatic heterocycles. The Bertz CT molecular complexity index is 875. The van der Waals surface area contributed by atoms with Crippen molar-refractivity contribution in [1.29, 1.82) is 0 Å². The summed E-state index contributed by atoms with van der Waals surface area (Å²) in [4.78, 5) is 16.4. The van der Waals surface area contributed by atoms with Crippen molar-refractivity contribution in [1.82, 2.24) is 0 Å². The molecule has 2 aromatic carbocycles. The molecule has 0 radical (unpaired) electrons. The molecule has 0 N–H and O–H groups in total. The molecule has 0 aliphatic carbocycles. The summed E-state index contributed by atoms with van der Waals surface area (Å²) in [7, 11) is 0. The van der Waals surface area contributed by atoms with Crippen LogP contribution in [0.4, 0.5) is 0 Å². The van der Waals surface area contributed by atoms with E-state index in [0.717, 1.165) is 5.56 Å². The van der Waals surface area contributed by atoms with Gasteiger partial charge >= 0.3 is 5.97 Å². The van der Waals surface area contributed by atoms with Gasteiger partial charge in [0.15, 0.2) is 11.5 Å². The summed E-state index contributed by atoms with van der Waals surface area (Å²) in [6.07, 6.45) is 1.67. The van der Waals surface area contributed by atoms with E-state index >= 15 is 0 Å². The first-order valence-electron chi connectivity index (χ1n) is 8.19. The highest BCUT2D eigenvalue weighted by Crippen LogP contribution is 2.38. The molecule has 0 spiro atoms. The van der Waals surface area contributed by atoms with Crippen molar-refractivity contribution >= 4 is 29.4 Å². The fourth-order valence-electron chi connectivity index (χ4n) is 2.49. The Morgan fingerprint density at radius 1 is 1.19 bits per heavy atom. The predicted molar refractivity (Wildman–Crippen MR) is 101 cm³/mol. The van der Waals surface area contributed by atoms with Crippen LogP contribution in [0.5, 0.6) is 11.5 Å². The first-order chi connectivity index (χ1) is 12.6. The van der Waals surface area contributed by atoms with Gasteiger partial charge in [-0.2, -0.15) is 0 Å². The van der Waals surface area contributed by atoms with Crippen LogP contribution < -0.4 is 9.47 Å². The van der Waals surface area contributed by atoms with E-state index in [2.05, 4.69) is 9.99 Å². The first kappa shape index (κ1) is 18.0. The van der Waals surface area contributed by atoms with E-state index in [1.807, 2.05) is 37.3 Å². The number of nitrogens with zero attached hydrogens (tertiary/aromatic N) is 1. The largest absolute Gasteiger partial charge is 0.490 e. The molecule has 0 saturated heterocycles. The number of hydrogen-bond donors (Lipinski definition) is 0. The lowest BCUT2D eigenvalue weighted by atomic mass is 10.1. The number of rotatable bonds is 6. The molecule has 0 fully saturated rings. The maximum Gasteiger partial charge on any atom is 0.367 e. The lowest BCUT2D eigenvalue weighted by Crippen LogP contribution is -2.03. The molecule has 1 aliphatic rings. The van der Waals surface area contributed by atoms with E-state index in [1.54, 1.807) is 25.1 Å². The third-order valence-electron chi connectivity index (χ3n) is 3.74. The van der Waals surface area contributed by atoms with Gasteiger partial charge in [0, 0.05) is 0 Å². The highest BCUT2D eigenvalue weighted by molar-refractivity contribution is 6.32. The number of halogens is 1. The molecular formula is C20H18ClNO4. The molecular weight excluding hydrogens is 354 g/mol. The number of carbonyl (C=O) groups excluding carboxylic acids is 1. The van der Waals surface area contributed by atoms with Crippen LogP contribution in [0.2, 0.25) is 5.02 Å². The van der Waals surface area contributed by atoms with Crippen LogP contribution in [-0.4, -0.2) is 18.3 Å². The average Bonchev–Trinajstić information content (AvgIpc) is 2.94. The minimum Gasteiger partial charge on any atom is -0.490 e. The lowest BCUT2D eigenvalue weighted by molar-refractivity contribution is -0.136.